The Kier molecular flexibility index (Phi) is 6.21. The molecule has 0 aliphatic heterocycles. The number of amides is 2. The maximum Gasteiger partial charge on any atom is 0.335 e. The Morgan fingerprint density at radius 1 is 1.19 bits per heavy atom. The molecule has 1 aromatic carbocycles. The van der Waals surface area contributed by atoms with Gasteiger partial charge in [-0.05, 0) is 44.4 Å². The van der Waals surface area contributed by atoms with E-state index in [0.29, 0.717) is 13.0 Å². The van der Waals surface area contributed by atoms with Crippen molar-refractivity contribution in [2.75, 3.05) is 6.54 Å². The van der Waals surface area contributed by atoms with Crippen LogP contribution in [-0.2, 0) is 6.42 Å². The highest BCUT2D eigenvalue weighted by Crippen LogP contribution is 2.10. The van der Waals surface area contributed by atoms with Crippen LogP contribution in [0.1, 0.15) is 49.5 Å². The smallest absolute Gasteiger partial charge is 0.335 e. The number of hydrogen-bond acceptors (Lipinski definition) is 2. The number of nitrogens with one attached hydrogen (secondary N) is 2. The van der Waals surface area contributed by atoms with Gasteiger partial charge in [-0.2, -0.15) is 0 Å². The number of rotatable bonds is 7. The minimum atomic E-state index is -0.933. The predicted octanol–water partition coefficient (Wildman–Crippen LogP) is 2.81. The average Bonchev–Trinajstić information content (AvgIpc) is 2.38. The molecule has 0 spiro atoms. The van der Waals surface area contributed by atoms with Gasteiger partial charge in [0, 0.05) is 12.1 Å². The molecule has 3 N–H and O–H groups in total. The van der Waals surface area contributed by atoms with Gasteiger partial charge in [-0.25, -0.2) is 9.59 Å². The highest BCUT2D eigenvalue weighted by atomic mass is 16.4. The summed E-state index contributed by atoms with van der Waals surface area (Å²) in [5, 5.41) is 14.6. The third-order valence-corrected chi connectivity index (χ3v) is 3.23. The zero-order valence-electron chi connectivity index (χ0n) is 12.9. The van der Waals surface area contributed by atoms with Crippen molar-refractivity contribution in [1.29, 1.82) is 0 Å². The van der Waals surface area contributed by atoms with Gasteiger partial charge in [0.1, 0.15) is 0 Å². The molecular formula is C16H24N2O3. The monoisotopic (exact) mass is 292 g/mol. The molecule has 21 heavy (non-hydrogen) atoms. The van der Waals surface area contributed by atoms with Crippen LogP contribution in [0.3, 0.4) is 0 Å². The van der Waals surface area contributed by atoms with Crippen molar-refractivity contribution in [3.63, 3.8) is 0 Å². The number of carboxylic acid groups (broad SMARTS) is 1. The van der Waals surface area contributed by atoms with Crippen molar-refractivity contribution < 1.29 is 14.7 Å². The summed E-state index contributed by atoms with van der Waals surface area (Å²) in [6.45, 7) is 6.60. The van der Waals surface area contributed by atoms with E-state index in [0.717, 1.165) is 18.4 Å². The zero-order chi connectivity index (χ0) is 15.9. The van der Waals surface area contributed by atoms with Crippen molar-refractivity contribution in [1.82, 2.24) is 10.6 Å². The van der Waals surface area contributed by atoms with Crippen LogP contribution < -0.4 is 10.6 Å². The Labute approximate surface area is 125 Å². The third-order valence-electron chi connectivity index (χ3n) is 3.23. The van der Waals surface area contributed by atoms with Crippen LogP contribution in [-0.4, -0.2) is 29.2 Å². The van der Waals surface area contributed by atoms with Gasteiger partial charge in [-0.3, -0.25) is 0 Å². The van der Waals surface area contributed by atoms with Crippen LogP contribution in [0.5, 0.6) is 0 Å². The van der Waals surface area contributed by atoms with E-state index in [1.807, 2.05) is 13.8 Å². The number of carbonyl (C=O) groups is 2. The molecule has 1 aromatic rings. The van der Waals surface area contributed by atoms with Crippen LogP contribution in [0.4, 0.5) is 4.79 Å². The summed E-state index contributed by atoms with van der Waals surface area (Å²) in [6.07, 6.45) is 2.61. The van der Waals surface area contributed by atoms with Crippen LogP contribution in [0.15, 0.2) is 24.3 Å². The van der Waals surface area contributed by atoms with Gasteiger partial charge in [0.25, 0.3) is 0 Å². The van der Waals surface area contributed by atoms with Crippen LogP contribution in [0.2, 0.25) is 0 Å². The minimum Gasteiger partial charge on any atom is -0.478 e. The van der Waals surface area contributed by atoms with Crippen LogP contribution >= 0.6 is 0 Å². The molecule has 0 bridgehead atoms. The fraction of sp³-hybridized carbons (Fsp3) is 0.500. The molecule has 2 amide bonds. The molecule has 0 unspecified atom stereocenters. The first kappa shape index (κ1) is 17.0. The van der Waals surface area contributed by atoms with Crippen molar-refractivity contribution in [2.24, 2.45) is 0 Å². The lowest BCUT2D eigenvalue weighted by Gasteiger charge is -2.25. The van der Waals surface area contributed by atoms with E-state index in [-0.39, 0.29) is 17.1 Å². The number of hydrogen-bond donors (Lipinski definition) is 3. The molecule has 0 saturated heterocycles. The van der Waals surface area contributed by atoms with E-state index in [2.05, 4.69) is 17.6 Å². The van der Waals surface area contributed by atoms with E-state index in [1.54, 1.807) is 24.3 Å². The van der Waals surface area contributed by atoms with Gasteiger partial charge in [-0.1, -0.05) is 25.5 Å². The molecular weight excluding hydrogens is 268 g/mol. The van der Waals surface area contributed by atoms with Gasteiger partial charge in [0.2, 0.25) is 0 Å². The summed E-state index contributed by atoms with van der Waals surface area (Å²) >= 11 is 0. The van der Waals surface area contributed by atoms with E-state index < -0.39 is 5.97 Å². The quantitative estimate of drug-likeness (QED) is 0.723. The first-order chi connectivity index (χ1) is 9.84. The van der Waals surface area contributed by atoms with E-state index >= 15 is 0 Å². The van der Waals surface area contributed by atoms with Gasteiger partial charge in [-0.15, -0.1) is 0 Å². The standard InChI is InChI=1S/C16H24N2O3/c1-4-10-16(2,3)18-15(21)17-11-9-12-5-7-13(8-6-12)14(19)20/h5-8H,4,9-11H2,1-3H3,(H,19,20)(H2,17,18,21). The van der Waals surface area contributed by atoms with Crippen molar-refractivity contribution in [3.05, 3.63) is 35.4 Å². The van der Waals surface area contributed by atoms with E-state index in [9.17, 15) is 9.59 Å². The van der Waals surface area contributed by atoms with Gasteiger partial charge >= 0.3 is 12.0 Å². The minimum absolute atomic E-state index is 0.171. The SMILES string of the molecule is CCCC(C)(C)NC(=O)NCCc1ccc(C(=O)O)cc1. The molecule has 0 radical (unpaired) electrons. The summed E-state index contributed by atoms with van der Waals surface area (Å²) in [7, 11) is 0. The van der Waals surface area contributed by atoms with Gasteiger partial charge in [0.05, 0.1) is 5.56 Å². The molecule has 0 heterocycles. The topological polar surface area (TPSA) is 78.4 Å². The van der Waals surface area contributed by atoms with E-state index in [1.165, 1.54) is 0 Å². The Hall–Kier alpha value is -2.04. The first-order valence-electron chi connectivity index (χ1n) is 7.22. The van der Waals surface area contributed by atoms with E-state index in [4.69, 9.17) is 5.11 Å². The summed E-state index contributed by atoms with van der Waals surface area (Å²) in [4.78, 5) is 22.5. The maximum absolute atomic E-state index is 11.8. The molecule has 116 valence electrons. The van der Waals surface area contributed by atoms with Crippen LogP contribution in [0.25, 0.3) is 0 Å². The fourth-order valence-electron chi connectivity index (χ4n) is 2.17. The normalized spacial score (nSPS) is 11.0. The van der Waals surface area contributed by atoms with Gasteiger partial charge < -0.3 is 15.7 Å². The average molecular weight is 292 g/mol. The van der Waals surface area contributed by atoms with Crippen LogP contribution in [0, 0.1) is 0 Å². The maximum atomic E-state index is 11.8. The second kappa shape index (κ2) is 7.67. The second-order valence-corrected chi connectivity index (χ2v) is 5.77. The lowest BCUT2D eigenvalue weighted by Crippen LogP contribution is -2.48. The second-order valence-electron chi connectivity index (χ2n) is 5.77. The molecule has 0 aromatic heterocycles. The summed E-state index contributed by atoms with van der Waals surface area (Å²) < 4.78 is 0. The molecule has 0 fully saturated rings. The summed E-state index contributed by atoms with van der Waals surface area (Å²) in [5.41, 5.74) is 1.06. The van der Waals surface area contributed by atoms with Gasteiger partial charge in [0.15, 0.2) is 0 Å². The first-order valence-corrected chi connectivity index (χ1v) is 7.22. The molecule has 0 aliphatic carbocycles. The Morgan fingerprint density at radius 3 is 2.33 bits per heavy atom. The molecule has 1 rings (SSSR count). The van der Waals surface area contributed by atoms with Crippen molar-refractivity contribution in [2.45, 2.75) is 45.6 Å². The van der Waals surface area contributed by atoms with Crippen molar-refractivity contribution >= 4 is 12.0 Å². The third kappa shape index (κ3) is 6.29. The Morgan fingerprint density at radius 2 is 1.81 bits per heavy atom. The lowest BCUT2D eigenvalue weighted by atomic mass is 9.99. The molecule has 0 saturated carbocycles. The Bertz CT molecular complexity index is 481. The summed E-state index contributed by atoms with van der Waals surface area (Å²) in [5.74, 6) is -0.933. The number of urea groups is 1. The van der Waals surface area contributed by atoms with Crippen molar-refractivity contribution in [3.8, 4) is 0 Å². The molecule has 5 nitrogen and oxygen atoms in total. The molecule has 0 aliphatic rings. The number of carbonyl (C=O) groups excluding carboxylic acids is 1. The largest absolute Gasteiger partial charge is 0.478 e. The zero-order valence-corrected chi connectivity index (χ0v) is 12.9. The number of aromatic carboxylic acids is 1. The lowest BCUT2D eigenvalue weighted by molar-refractivity contribution is 0.0697. The highest BCUT2D eigenvalue weighted by Gasteiger charge is 2.18. The highest BCUT2D eigenvalue weighted by molar-refractivity contribution is 5.87. The predicted molar refractivity (Wildman–Crippen MR) is 82.6 cm³/mol. The fourth-order valence-corrected chi connectivity index (χ4v) is 2.17. The molecule has 0 atom stereocenters. The number of carboxylic acids is 1. The Balaban J connectivity index is 2.36. The molecule has 5 heteroatoms. The summed E-state index contributed by atoms with van der Waals surface area (Å²) in [6, 6.07) is 6.51. The number of benzene rings is 1.